The number of fused-ring (bicyclic) bond motifs is 1. The largest absolute Gasteiger partial charge is 0.467 e. The predicted octanol–water partition coefficient (Wildman–Crippen LogP) is 2.48. The second-order valence-electron chi connectivity index (χ2n) is 7.19. The average molecular weight is 407 g/mol. The molecule has 2 heterocycles. The number of halogens is 1. The Kier molecular flexibility index (Phi) is 7.69. The molecule has 0 saturated carbocycles. The Hall–Kier alpha value is -2.35. The van der Waals surface area contributed by atoms with Crippen LogP contribution in [0.25, 0.3) is 0 Å². The number of aliphatic imine (C=N–C) groups is 1. The van der Waals surface area contributed by atoms with Crippen LogP contribution >= 0.6 is 0 Å². The van der Waals surface area contributed by atoms with Gasteiger partial charge in [0.25, 0.3) is 0 Å². The van der Waals surface area contributed by atoms with E-state index in [0.717, 1.165) is 43.0 Å². The van der Waals surface area contributed by atoms with E-state index in [2.05, 4.69) is 10.2 Å². The van der Waals surface area contributed by atoms with Gasteiger partial charge in [-0.05, 0) is 50.8 Å². The number of carbonyl (C=O) groups is 1. The summed E-state index contributed by atoms with van der Waals surface area (Å²) in [6.07, 6.45) is 2.31. The second-order valence-corrected chi connectivity index (χ2v) is 7.19. The van der Waals surface area contributed by atoms with Gasteiger partial charge < -0.3 is 24.4 Å². The van der Waals surface area contributed by atoms with E-state index >= 15 is 0 Å². The van der Waals surface area contributed by atoms with Crippen LogP contribution in [0.2, 0.25) is 0 Å². The van der Waals surface area contributed by atoms with Crippen LogP contribution in [0, 0.1) is 11.7 Å². The van der Waals surface area contributed by atoms with Crippen LogP contribution in [0.5, 0.6) is 5.75 Å². The molecule has 0 radical (unpaired) electrons. The third-order valence-electron chi connectivity index (χ3n) is 5.07. The van der Waals surface area contributed by atoms with Gasteiger partial charge in [0.1, 0.15) is 11.6 Å². The fraction of sp³-hybridized carbons (Fsp3) is 0.619. The van der Waals surface area contributed by atoms with Crippen molar-refractivity contribution in [2.45, 2.75) is 39.7 Å². The van der Waals surface area contributed by atoms with Crippen LogP contribution in [0.3, 0.4) is 0 Å². The zero-order valence-electron chi connectivity index (χ0n) is 17.2. The molecular weight excluding hydrogens is 377 g/mol. The lowest BCUT2D eigenvalue weighted by Gasteiger charge is -2.34. The topological polar surface area (TPSA) is 72.4 Å². The summed E-state index contributed by atoms with van der Waals surface area (Å²) in [5.74, 6) is 0.918. The number of hydrogen-bond donors (Lipinski definition) is 1. The van der Waals surface area contributed by atoms with Crippen molar-refractivity contribution in [2.24, 2.45) is 10.9 Å². The molecule has 160 valence electrons. The molecule has 2 aliphatic rings. The normalized spacial score (nSPS) is 19.3. The van der Waals surface area contributed by atoms with Crippen molar-refractivity contribution in [3.05, 3.63) is 29.1 Å². The predicted molar refractivity (Wildman–Crippen MR) is 107 cm³/mol. The van der Waals surface area contributed by atoms with Gasteiger partial charge in [-0.1, -0.05) is 0 Å². The van der Waals surface area contributed by atoms with Gasteiger partial charge in [0.15, 0.2) is 12.8 Å². The summed E-state index contributed by atoms with van der Waals surface area (Å²) >= 11 is 0. The molecule has 8 heteroatoms. The highest BCUT2D eigenvalue weighted by Crippen LogP contribution is 2.29. The fourth-order valence-electron chi connectivity index (χ4n) is 3.77. The fourth-order valence-corrected chi connectivity index (χ4v) is 3.77. The number of carbonyl (C=O) groups excluding carboxylic acids is 1. The molecule has 0 amide bonds. The molecule has 0 bridgehead atoms. The highest BCUT2D eigenvalue weighted by Gasteiger charge is 2.28. The highest BCUT2D eigenvalue weighted by atomic mass is 19.1. The minimum atomic E-state index is -0.294. The Morgan fingerprint density at radius 3 is 3.07 bits per heavy atom. The van der Waals surface area contributed by atoms with E-state index in [-0.39, 0.29) is 24.5 Å². The van der Waals surface area contributed by atoms with Crippen molar-refractivity contribution >= 4 is 11.9 Å². The summed E-state index contributed by atoms with van der Waals surface area (Å²) in [5, 5.41) is 3.30. The minimum absolute atomic E-state index is 0.129. The van der Waals surface area contributed by atoms with E-state index in [4.69, 9.17) is 19.2 Å². The molecule has 3 rings (SSSR count). The summed E-state index contributed by atoms with van der Waals surface area (Å²) in [4.78, 5) is 19.0. The summed E-state index contributed by atoms with van der Waals surface area (Å²) in [5.41, 5.74) is 1.53. The number of guanidine groups is 1. The first-order valence-corrected chi connectivity index (χ1v) is 10.3. The third kappa shape index (κ3) is 5.59. The maximum atomic E-state index is 13.9. The number of nitrogens with one attached hydrogen (secondary N) is 1. The highest BCUT2D eigenvalue weighted by molar-refractivity contribution is 5.81. The van der Waals surface area contributed by atoms with Gasteiger partial charge in [-0.25, -0.2) is 4.39 Å². The molecule has 1 atom stereocenters. The van der Waals surface area contributed by atoms with Crippen molar-refractivity contribution in [1.82, 2.24) is 10.2 Å². The molecule has 1 aromatic carbocycles. The zero-order valence-corrected chi connectivity index (χ0v) is 17.2. The van der Waals surface area contributed by atoms with Crippen molar-refractivity contribution in [3.8, 4) is 5.75 Å². The first-order valence-electron chi connectivity index (χ1n) is 10.3. The molecule has 7 nitrogen and oxygen atoms in total. The number of piperidine rings is 1. The monoisotopic (exact) mass is 407 g/mol. The van der Waals surface area contributed by atoms with Crippen molar-refractivity contribution in [2.75, 3.05) is 39.6 Å². The third-order valence-corrected chi connectivity index (χ3v) is 5.07. The Morgan fingerprint density at radius 2 is 2.28 bits per heavy atom. The van der Waals surface area contributed by atoms with Gasteiger partial charge in [-0.2, -0.15) is 0 Å². The van der Waals surface area contributed by atoms with Crippen LogP contribution in [-0.2, 0) is 27.3 Å². The lowest BCUT2D eigenvalue weighted by Crippen LogP contribution is -2.48. The molecule has 0 spiro atoms. The quantitative estimate of drug-likeness (QED) is 0.444. The lowest BCUT2D eigenvalue weighted by molar-refractivity contribution is -0.149. The van der Waals surface area contributed by atoms with E-state index in [9.17, 15) is 9.18 Å². The first kappa shape index (κ1) is 21.4. The van der Waals surface area contributed by atoms with Gasteiger partial charge in [0.2, 0.25) is 0 Å². The van der Waals surface area contributed by atoms with Crippen molar-refractivity contribution in [3.63, 3.8) is 0 Å². The Balaban J connectivity index is 1.67. The number of benzene rings is 1. The molecule has 1 fully saturated rings. The Labute approximate surface area is 171 Å². The smallest absolute Gasteiger partial charge is 0.310 e. The van der Waals surface area contributed by atoms with Crippen LogP contribution in [0.1, 0.15) is 37.8 Å². The van der Waals surface area contributed by atoms with E-state index < -0.39 is 0 Å². The van der Waals surface area contributed by atoms with Crippen LogP contribution in [0.15, 0.2) is 17.1 Å². The van der Waals surface area contributed by atoms with Crippen LogP contribution in [0.4, 0.5) is 4.39 Å². The summed E-state index contributed by atoms with van der Waals surface area (Å²) in [6.45, 7) is 7.44. The Morgan fingerprint density at radius 1 is 1.41 bits per heavy atom. The molecule has 0 aliphatic carbocycles. The number of ether oxygens (including phenoxy) is 3. The SMILES string of the molecule is CCNC(=NCCc1cc(F)cc2c1OCOC2)N1CCCC(C(=O)OCC)C1. The zero-order chi connectivity index (χ0) is 20.6. The summed E-state index contributed by atoms with van der Waals surface area (Å²) in [7, 11) is 0. The van der Waals surface area contributed by atoms with Crippen molar-refractivity contribution < 1.29 is 23.4 Å². The van der Waals surface area contributed by atoms with Gasteiger partial charge in [0.05, 0.1) is 19.1 Å². The van der Waals surface area contributed by atoms with Gasteiger partial charge in [0, 0.05) is 31.7 Å². The maximum Gasteiger partial charge on any atom is 0.310 e. The van der Waals surface area contributed by atoms with Crippen LogP contribution in [-0.4, -0.2) is 56.4 Å². The number of hydrogen-bond acceptors (Lipinski definition) is 5. The molecule has 1 N–H and O–H groups in total. The van der Waals surface area contributed by atoms with E-state index in [1.54, 1.807) is 0 Å². The van der Waals surface area contributed by atoms with E-state index in [1.165, 1.54) is 12.1 Å². The first-order chi connectivity index (χ1) is 14.1. The van der Waals surface area contributed by atoms with E-state index in [0.29, 0.717) is 38.5 Å². The average Bonchev–Trinajstić information content (AvgIpc) is 2.73. The summed E-state index contributed by atoms with van der Waals surface area (Å²) < 4.78 is 29.9. The number of nitrogens with zero attached hydrogens (tertiary/aromatic N) is 2. The standard InChI is InChI=1S/C21H30FN3O4/c1-3-23-21(25-9-5-6-16(12-25)20(26)28-4-2)24-8-7-15-10-18(22)11-17-13-27-14-29-19(15)17/h10-11,16H,3-9,12-14H2,1-2H3,(H,23,24). The van der Waals surface area contributed by atoms with E-state index in [1.807, 2.05) is 13.8 Å². The maximum absolute atomic E-state index is 13.9. The Bertz CT molecular complexity index is 741. The molecule has 0 aromatic heterocycles. The molecular formula is C21H30FN3O4. The van der Waals surface area contributed by atoms with Crippen molar-refractivity contribution in [1.29, 1.82) is 0 Å². The molecule has 1 saturated heterocycles. The molecule has 1 aromatic rings. The summed E-state index contributed by atoms with van der Waals surface area (Å²) in [6, 6.07) is 2.96. The molecule has 2 aliphatic heterocycles. The minimum Gasteiger partial charge on any atom is -0.467 e. The van der Waals surface area contributed by atoms with Crippen LogP contribution < -0.4 is 10.1 Å². The lowest BCUT2D eigenvalue weighted by atomic mass is 9.98. The second kappa shape index (κ2) is 10.4. The number of likely N-dealkylation sites (tertiary alicyclic amines) is 1. The van der Waals surface area contributed by atoms with Gasteiger partial charge in [-0.3, -0.25) is 9.79 Å². The number of rotatable bonds is 6. The molecule has 29 heavy (non-hydrogen) atoms. The van der Waals surface area contributed by atoms with Gasteiger partial charge >= 0.3 is 5.97 Å². The van der Waals surface area contributed by atoms with Gasteiger partial charge in [-0.15, -0.1) is 0 Å². The number of esters is 1. The molecule has 1 unspecified atom stereocenters.